The van der Waals surface area contributed by atoms with E-state index in [9.17, 15) is 0 Å². The van der Waals surface area contributed by atoms with Gasteiger partial charge >= 0.3 is 0 Å². The molecule has 1 aliphatic carbocycles. The average molecular weight is 397 g/mol. The highest BCUT2D eigenvalue weighted by atomic mass is 35.5. The first-order valence-electron chi connectivity index (χ1n) is 9.40. The summed E-state index contributed by atoms with van der Waals surface area (Å²) in [7, 11) is 7.51. The van der Waals surface area contributed by atoms with Gasteiger partial charge in [-0.15, -0.1) is 0 Å². The van der Waals surface area contributed by atoms with Crippen LogP contribution in [-0.4, -0.2) is 42.9 Å². The highest BCUT2D eigenvalue weighted by molar-refractivity contribution is 6.71. The first-order chi connectivity index (χ1) is 12.3. The Bertz CT molecular complexity index is 522. The molecule has 1 rings (SSSR count). The number of unbranched alkanes of at least 4 members (excludes halogenated alkanes) is 2. The summed E-state index contributed by atoms with van der Waals surface area (Å²) in [4.78, 5) is 1.88. The Hall–Kier alpha value is -0.775. The van der Waals surface area contributed by atoms with Crippen molar-refractivity contribution in [3.8, 4) is 0 Å². The van der Waals surface area contributed by atoms with Crippen LogP contribution in [0.5, 0.6) is 0 Å². The van der Waals surface area contributed by atoms with Crippen LogP contribution in [-0.2, 0) is 0 Å². The maximum Gasteiger partial charge on any atom is 0.178 e. The maximum atomic E-state index is 7.59. The SMILES string of the molecule is [B]N[C@@H]1CCCCC(C(=C)CCCCCN(C)/C(=C/C(=N)Cl)C(=N)Cl)C1. The summed E-state index contributed by atoms with van der Waals surface area (Å²) < 4.78 is 0. The second-order valence-electron chi connectivity index (χ2n) is 7.16. The minimum Gasteiger partial charge on any atom is -0.372 e. The van der Waals surface area contributed by atoms with E-state index in [0.717, 1.165) is 45.1 Å². The normalized spacial score (nSPS) is 21.1. The highest BCUT2D eigenvalue weighted by Crippen LogP contribution is 2.30. The van der Waals surface area contributed by atoms with Crippen LogP contribution in [0.4, 0.5) is 0 Å². The van der Waals surface area contributed by atoms with Gasteiger partial charge in [0.1, 0.15) is 10.3 Å². The van der Waals surface area contributed by atoms with Gasteiger partial charge in [0.15, 0.2) is 7.98 Å². The summed E-state index contributed by atoms with van der Waals surface area (Å²) in [6.45, 7) is 5.11. The van der Waals surface area contributed by atoms with Crippen LogP contribution in [0, 0.1) is 16.7 Å². The van der Waals surface area contributed by atoms with Gasteiger partial charge in [-0.3, -0.25) is 10.8 Å². The molecule has 0 bridgehead atoms. The van der Waals surface area contributed by atoms with Gasteiger partial charge in [0.2, 0.25) is 0 Å². The third-order valence-electron chi connectivity index (χ3n) is 5.13. The van der Waals surface area contributed by atoms with E-state index >= 15 is 0 Å². The zero-order valence-corrected chi connectivity index (χ0v) is 17.3. The lowest BCUT2D eigenvalue weighted by atomic mass is 9.87. The molecule has 0 aromatic carbocycles. The predicted octanol–water partition coefficient (Wildman–Crippen LogP) is 4.97. The molecule has 1 aliphatic rings. The van der Waals surface area contributed by atoms with E-state index in [1.54, 1.807) is 0 Å². The first-order valence-corrected chi connectivity index (χ1v) is 10.2. The number of hydrogen-bond donors (Lipinski definition) is 3. The van der Waals surface area contributed by atoms with Crippen molar-refractivity contribution >= 4 is 41.5 Å². The number of nitrogens with zero attached hydrogens (tertiary/aromatic N) is 1. The van der Waals surface area contributed by atoms with Crippen LogP contribution in [0.15, 0.2) is 23.9 Å². The molecule has 1 unspecified atom stereocenters. The van der Waals surface area contributed by atoms with E-state index in [-0.39, 0.29) is 10.3 Å². The summed E-state index contributed by atoms with van der Waals surface area (Å²) >= 11 is 11.4. The zero-order valence-electron chi connectivity index (χ0n) is 15.8. The monoisotopic (exact) mass is 396 g/mol. The van der Waals surface area contributed by atoms with Crippen LogP contribution in [0.25, 0.3) is 0 Å². The number of nitrogens with one attached hydrogen (secondary N) is 3. The molecule has 144 valence electrons. The fourth-order valence-electron chi connectivity index (χ4n) is 3.55. The van der Waals surface area contributed by atoms with Gasteiger partial charge in [-0.25, -0.2) is 0 Å². The quantitative estimate of drug-likeness (QED) is 0.152. The second-order valence-corrected chi connectivity index (χ2v) is 7.95. The van der Waals surface area contributed by atoms with Crippen molar-refractivity contribution in [3.05, 3.63) is 23.9 Å². The molecule has 1 fully saturated rings. The Kier molecular flexibility index (Phi) is 11.3. The van der Waals surface area contributed by atoms with Crippen LogP contribution in [0.2, 0.25) is 0 Å². The summed E-state index contributed by atoms with van der Waals surface area (Å²) in [5.74, 6) is 0.585. The molecule has 26 heavy (non-hydrogen) atoms. The van der Waals surface area contributed by atoms with E-state index in [1.807, 2.05) is 11.9 Å². The van der Waals surface area contributed by atoms with Crippen molar-refractivity contribution in [1.82, 2.24) is 10.1 Å². The summed E-state index contributed by atoms with van der Waals surface area (Å²) in [6.07, 6.45) is 11.7. The standard InChI is InChI=1S/C19H31BCl2N4/c1-14(15-9-5-6-10-16(12-15)25-20)8-4-3-7-11-26(2)17(19(22)24)13-18(21)23/h13,15-16,23-25H,1,3-12H2,2H3/b17-13+,23-18?,24-19?/t15?,16-/m1/s1. The fourth-order valence-corrected chi connectivity index (χ4v) is 3.85. The minimum absolute atomic E-state index is 0.0947. The molecule has 7 heteroatoms. The molecular formula is C19H31BCl2N4. The molecular weight excluding hydrogens is 366 g/mol. The summed E-state index contributed by atoms with van der Waals surface area (Å²) in [6, 6.07) is 0.421. The van der Waals surface area contributed by atoms with Gasteiger partial charge in [0.05, 0.1) is 5.70 Å². The number of rotatable bonds is 11. The summed E-state index contributed by atoms with van der Waals surface area (Å²) in [5.41, 5.74) is 1.84. The van der Waals surface area contributed by atoms with E-state index < -0.39 is 0 Å². The van der Waals surface area contributed by atoms with Crippen molar-refractivity contribution < 1.29 is 0 Å². The smallest absolute Gasteiger partial charge is 0.178 e. The Morgan fingerprint density at radius 3 is 2.54 bits per heavy atom. The predicted molar refractivity (Wildman–Crippen MR) is 115 cm³/mol. The molecule has 4 nitrogen and oxygen atoms in total. The Morgan fingerprint density at radius 2 is 1.92 bits per heavy atom. The number of halogens is 2. The van der Waals surface area contributed by atoms with Crippen LogP contribution < -0.4 is 5.23 Å². The minimum atomic E-state index is -0.123. The molecule has 0 aromatic heterocycles. The zero-order chi connectivity index (χ0) is 19.5. The van der Waals surface area contributed by atoms with Crippen molar-refractivity contribution in [3.63, 3.8) is 0 Å². The largest absolute Gasteiger partial charge is 0.372 e. The molecule has 1 saturated carbocycles. The molecule has 2 atom stereocenters. The van der Waals surface area contributed by atoms with Crippen LogP contribution in [0.3, 0.4) is 0 Å². The molecule has 3 N–H and O–H groups in total. The van der Waals surface area contributed by atoms with Gasteiger partial charge in [0.25, 0.3) is 0 Å². The number of allylic oxidation sites excluding steroid dienone is 3. The lowest BCUT2D eigenvalue weighted by Crippen LogP contribution is -2.28. The van der Waals surface area contributed by atoms with Crippen molar-refractivity contribution in [2.24, 2.45) is 5.92 Å². The van der Waals surface area contributed by atoms with Gasteiger partial charge in [0, 0.05) is 19.7 Å². The van der Waals surface area contributed by atoms with Gasteiger partial charge in [-0.1, -0.05) is 54.6 Å². The van der Waals surface area contributed by atoms with Gasteiger partial charge < -0.3 is 10.1 Å². The van der Waals surface area contributed by atoms with E-state index in [2.05, 4.69) is 11.8 Å². The van der Waals surface area contributed by atoms with Gasteiger partial charge in [-0.2, -0.15) is 0 Å². The van der Waals surface area contributed by atoms with E-state index in [1.165, 1.54) is 30.9 Å². The van der Waals surface area contributed by atoms with Crippen molar-refractivity contribution in [1.29, 1.82) is 10.8 Å². The molecule has 0 saturated heterocycles. The molecule has 0 amide bonds. The lowest BCUT2D eigenvalue weighted by Gasteiger charge is -2.23. The Morgan fingerprint density at radius 1 is 1.23 bits per heavy atom. The highest BCUT2D eigenvalue weighted by Gasteiger charge is 2.20. The third-order valence-corrected chi connectivity index (χ3v) is 5.43. The lowest BCUT2D eigenvalue weighted by molar-refractivity contribution is 0.413. The summed E-state index contributed by atoms with van der Waals surface area (Å²) in [5, 5.41) is 17.6. The van der Waals surface area contributed by atoms with E-state index in [0.29, 0.717) is 17.7 Å². The average Bonchev–Trinajstić information content (AvgIpc) is 2.84. The molecule has 0 aliphatic heterocycles. The van der Waals surface area contributed by atoms with Crippen molar-refractivity contribution in [2.75, 3.05) is 13.6 Å². The molecule has 0 aromatic rings. The second kappa shape index (κ2) is 12.6. The van der Waals surface area contributed by atoms with Crippen LogP contribution in [0.1, 0.15) is 57.8 Å². The third kappa shape index (κ3) is 8.74. The molecule has 0 spiro atoms. The van der Waals surface area contributed by atoms with Gasteiger partial charge in [-0.05, 0) is 50.5 Å². The molecule has 0 heterocycles. The Labute approximate surface area is 169 Å². The first kappa shape index (κ1) is 23.3. The topological polar surface area (TPSA) is 63.0 Å². The van der Waals surface area contributed by atoms with Crippen LogP contribution >= 0.6 is 23.2 Å². The van der Waals surface area contributed by atoms with E-state index in [4.69, 9.17) is 42.0 Å². The Balaban J connectivity index is 2.32. The fraction of sp³-hybridized carbons (Fsp3) is 0.684. The molecule has 2 radical (unpaired) electrons. The maximum absolute atomic E-state index is 7.59. The number of hydrogen-bond acceptors (Lipinski definition) is 4. The van der Waals surface area contributed by atoms with Crippen molar-refractivity contribution in [2.45, 2.75) is 63.8 Å².